The van der Waals surface area contributed by atoms with Crippen molar-refractivity contribution in [1.29, 1.82) is 0 Å². The first-order valence-electron chi connectivity index (χ1n) is 3.97. The summed E-state index contributed by atoms with van der Waals surface area (Å²) in [5, 5.41) is 7.98. The van der Waals surface area contributed by atoms with Crippen molar-refractivity contribution in [1.82, 2.24) is 15.0 Å². The Morgan fingerprint density at radius 1 is 1.08 bits per heavy atom. The number of rotatable bonds is 5. The Balaban J connectivity index is 0.00000121. The minimum atomic E-state index is 0. The van der Waals surface area contributed by atoms with Gasteiger partial charge in [-0.2, -0.15) is 15.0 Å². The second kappa shape index (κ2) is 7.06. The molecule has 5 heteroatoms. The molecule has 0 fully saturated rings. The van der Waals surface area contributed by atoms with Crippen LogP contribution in [0.1, 0.15) is 19.3 Å². The van der Waals surface area contributed by atoms with Crippen LogP contribution >= 0.6 is 12.4 Å². The quantitative estimate of drug-likeness (QED) is 0.700. The van der Waals surface area contributed by atoms with Crippen LogP contribution in [0, 0.1) is 0 Å². The summed E-state index contributed by atoms with van der Waals surface area (Å²) in [5.41, 5.74) is 5.35. The van der Waals surface area contributed by atoms with Crippen LogP contribution in [0.3, 0.4) is 0 Å². The standard InChI is InChI=1S/C7H14N4.ClH/c8-4-2-1-3-7-11-9-5-6-10-11;/h5-6H,1-4,7-8H2;1H. The molecule has 70 valence electrons. The van der Waals surface area contributed by atoms with Crippen molar-refractivity contribution in [2.45, 2.75) is 25.8 Å². The van der Waals surface area contributed by atoms with E-state index in [-0.39, 0.29) is 12.4 Å². The lowest BCUT2D eigenvalue weighted by molar-refractivity contribution is 0.493. The highest BCUT2D eigenvalue weighted by Crippen LogP contribution is 1.94. The van der Waals surface area contributed by atoms with E-state index in [1.54, 1.807) is 17.2 Å². The van der Waals surface area contributed by atoms with Crippen LogP contribution in [-0.4, -0.2) is 21.5 Å². The van der Waals surface area contributed by atoms with Gasteiger partial charge in [-0.05, 0) is 19.4 Å². The first kappa shape index (κ1) is 11.4. The van der Waals surface area contributed by atoms with Crippen molar-refractivity contribution in [3.05, 3.63) is 12.4 Å². The fourth-order valence-corrected chi connectivity index (χ4v) is 0.933. The van der Waals surface area contributed by atoms with Gasteiger partial charge < -0.3 is 5.73 Å². The molecular weight excluding hydrogens is 176 g/mol. The molecule has 0 amide bonds. The third-order valence-electron chi connectivity index (χ3n) is 1.53. The lowest BCUT2D eigenvalue weighted by Crippen LogP contribution is -2.03. The van der Waals surface area contributed by atoms with Gasteiger partial charge in [0, 0.05) is 0 Å². The Morgan fingerprint density at radius 3 is 2.33 bits per heavy atom. The Morgan fingerprint density at radius 2 is 1.75 bits per heavy atom. The van der Waals surface area contributed by atoms with E-state index < -0.39 is 0 Å². The first-order chi connectivity index (χ1) is 5.43. The normalized spacial score (nSPS) is 9.42. The fraction of sp³-hybridized carbons (Fsp3) is 0.714. The van der Waals surface area contributed by atoms with E-state index in [2.05, 4.69) is 10.2 Å². The highest BCUT2D eigenvalue weighted by atomic mass is 35.5. The average molecular weight is 191 g/mol. The summed E-state index contributed by atoms with van der Waals surface area (Å²) >= 11 is 0. The molecule has 0 spiro atoms. The maximum absolute atomic E-state index is 5.35. The summed E-state index contributed by atoms with van der Waals surface area (Å²) < 4.78 is 0. The molecule has 0 radical (unpaired) electrons. The van der Waals surface area contributed by atoms with Gasteiger partial charge in [0.2, 0.25) is 0 Å². The van der Waals surface area contributed by atoms with Gasteiger partial charge >= 0.3 is 0 Å². The minimum absolute atomic E-state index is 0. The fourth-order valence-electron chi connectivity index (χ4n) is 0.933. The lowest BCUT2D eigenvalue weighted by Gasteiger charge is -1.97. The number of nitrogens with zero attached hydrogens (tertiary/aromatic N) is 3. The Bertz CT molecular complexity index is 176. The number of aryl methyl sites for hydroxylation is 1. The third kappa shape index (κ3) is 4.31. The smallest absolute Gasteiger partial charge is 0.0693 e. The summed E-state index contributed by atoms with van der Waals surface area (Å²) in [6, 6.07) is 0. The number of nitrogens with two attached hydrogens (primary N) is 1. The zero-order chi connectivity index (χ0) is 7.94. The molecular formula is C7H15ClN4. The van der Waals surface area contributed by atoms with Crippen LogP contribution in [0.4, 0.5) is 0 Å². The minimum Gasteiger partial charge on any atom is -0.330 e. The maximum atomic E-state index is 5.35. The average Bonchev–Trinajstić information content (AvgIpc) is 2.50. The summed E-state index contributed by atoms with van der Waals surface area (Å²) in [5.74, 6) is 0. The Hall–Kier alpha value is -0.610. The van der Waals surface area contributed by atoms with E-state index in [1.807, 2.05) is 0 Å². The van der Waals surface area contributed by atoms with E-state index in [1.165, 1.54) is 0 Å². The highest BCUT2D eigenvalue weighted by molar-refractivity contribution is 5.85. The number of hydrogen-bond donors (Lipinski definition) is 1. The first-order valence-corrected chi connectivity index (χ1v) is 3.97. The summed E-state index contributed by atoms with van der Waals surface area (Å²) in [7, 11) is 0. The number of unbranched alkanes of at least 4 members (excludes halogenated alkanes) is 2. The predicted octanol–water partition coefficient (Wildman–Crippen LogP) is 0.829. The van der Waals surface area contributed by atoms with E-state index in [0.717, 1.165) is 32.4 Å². The van der Waals surface area contributed by atoms with Crippen LogP contribution in [-0.2, 0) is 6.54 Å². The van der Waals surface area contributed by atoms with E-state index in [4.69, 9.17) is 5.73 Å². The maximum Gasteiger partial charge on any atom is 0.0693 e. The van der Waals surface area contributed by atoms with Gasteiger partial charge in [0.25, 0.3) is 0 Å². The van der Waals surface area contributed by atoms with Gasteiger partial charge in [0.1, 0.15) is 0 Å². The zero-order valence-corrected chi connectivity index (χ0v) is 7.83. The highest BCUT2D eigenvalue weighted by Gasteiger charge is 1.90. The molecule has 1 rings (SSSR count). The van der Waals surface area contributed by atoms with E-state index in [0.29, 0.717) is 0 Å². The predicted molar refractivity (Wildman–Crippen MR) is 50.2 cm³/mol. The molecule has 4 nitrogen and oxygen atoms in total. The lowest BCUT2D eigenvalue weighted by atomic mass is 10.2. The summed E-state index contributed by atoms with van der Waals surface area (Å²) in [6.45, 7) is 1.69. The number of hydrogen-bond acceptors (Lipinski definition) is 3. The molecule has 2 N–H and O–H groups in total. The van der Waals surface area contributed by atoms with Crippen LogP contribution in [0.2, 0.25) is 0 Å². The molecule has 1 aromatic heterocycles. The summed E-state index contributed by atoms with van der Waals surface area (Å²) in [4.78, 5) is 1.70. The van der Waals surface area contributed by atoms with Crippen molar-refractivity contribution < 1.29 is 0 Å². The molecule has 0 aliphatic carbocycles. The van der Waals surface area contributed by atoms with Gasteiger partial charge in [-0.15, -0.1) is 12.4 Å². The topological polar surface area (TPSA) is 56.7 Å². The number of aromatic nitrogens is 3. The van der Waals surface area contributed by atoms with Crippen LogP contribution < -0.4 is 5.73 Å². The Kier molecular flexibility index (Phi) is 6.70. The molecule has 0 aliphatic heterocycles. The SMILES string of the molecule is Cl.NCCCCCn1nccn1. The molecule has 1 heterocycles. The molecule has 0 unspecified atom stereocenters. The second-order valence-corrected chi connectivity index (χ2v) is 2.47. The van der Waals surface area contributed by atoms with Crippen LogP contribution in [0.5, 0.6) is 0 Å². The third-order valence-corrected chi connectivity index (χ3v) is 1.53. The van der Waals surface area contributed by atoms with E-state index >= 15 is 0 Å². The van der Waals surface area contributed by atoms with Gasteiger partial charge in [-0.1, -0.05) is 6.42 Å². The molecule has 1 aromatic rings. The zero-order valence-electron chi connectivity index (χ0n) is 7.02. The van der Waals surface area contributed by atoms with Crippen molar-refractivity contribution in [3.8, 4) is 0 Å². The van der Waals surface area contributed by atoms with Gasteiger partial charge in [-0.3, -0.25) is 0 Å². The molecule has 0 aliphatic rings. The van der Waals surface area contributed by atoms with Crippen molar-refractivity contribution >= 4 is 12.4 Å². The van der Waals surface area contributed by atoms with Crippen molar-refractivity contribution in [2.24, 2.45) is 5.73 Å². The largest absolute Gasteiger partial charge is 0.330 e. The monoisotopic (exact) mass is 190 g/mol. The second-order valence-electron chi connectivity index (χ2n) is 2.47. The van der Waals surface area contributed by atoms with Crippen molar-refractivity contribution in [3.63, 3.8) is 0 Å². The van der Waals surface area contributed by atoms with E-state index in [9.17, 15) is 0 Å². The van der Waals surface area contributed by atoms with Crippen LogP contribution in [0.15, 0.2) is 12.4 Å². The molecule has 0 bridgehead atoms. The van der Waals surface area contributed by atoms with Gasteiger partial charge in [-0.25, -0.2) is 0 Å². The molecule has 0 saturated carbocycles. The molecule has 0 atom stereocenters. The number of halogens is 1. The molecule has 12 heavy (non-hydrogen) atoms. The van der Waals surface area contributed by atoms with Gasteiger partial charge in [0.05, 0.1) is 18.9 Å². The molecule has 0 saturated heterocycles. The van der Waals surface area contributed by atoms with Crippen LogP contribution in [0.25, 0.3) is 0 Å². The Labute approximate surface area is 78.5 Å². The molecule has 0 aromatic carbocycles. The summed E-state index contributed by atoms with van der Waals surface area (Å²) in [6.07, 6.45) is 6.77. The van der Waals surface area contributed by atoms with Gasteiger partial charge in [0.15, 0.2) is 0 Å². The van der Waals surface area contributed by atoms with Crippen molar-refractivity contribution in [2.75, 3.05) is 6.54 Å².